The van der Waals surface area contributed by atoms with Gasteiger partial charge in [0.2, 0.25) is 0 Å². The van der Waals surface area contributed by atoms with E-state index in [4.69, 9.17) is 14.2 Å². The number of esters is 1. The highest BCUT2D eigenvalue weighted by Crippen LogP contribution is 2.25. The molecule has 0 aromatic heterocycles. The standard InChI is InChI=1S/C20H21N3O5/c1-26-14-7-5-13(6-8-14)23-19(24)16-11-22(10-15-4-3-9-28-15)12-17(18(16)21-23)20(25)27-2/h5-8,11-12,15H,3-4,9-10H2,1-2H3/t15-/m0/s1. The molecule has 0 spiro atoms. The number of ether oxygens (including phenoxy) is 3. The van der Waals surface area contributed by atoms with Crippen molar-refractivity contribution in [3.05, 3.63) is 52.6 Å². The first-order valence-corrected chi connectivity index (χ1v) is 9.08. The minimum Gasteiger partial charge on any atom is -0.497 e. The fourth-order valence-corrected chi connectivity index (χ4v) is 3.45. The molecule has 0 bridgehead atoms. The number of methoxy groups -OCH3 is 2. The Morgan fingerprint density at radius 2 is 2.04 bits per heavy atom. The molecule has 1 aromatic rings. The van der Waals surface area contributed by atoms with Crippen LogP contribution in [0.5, 0.6) is 5.75 Å². The molecule has 0 aliphatic carbocycles. The number of hydrogen-bond acceptors (Lipinski definition) is 6. The molecule has 0 unspecified atom stereocenters. The lowest BCUT2D eigenvalue weighted by Gasteiger charge is -2.15. The number of nitrogens with zero attached hydrogens (tertiary/aromatic N) is 3. The molecule has 4 rings (SSSR count). The Hall–Kier alpha value is -3.13. The van der Waals surface area contributed by atoms with Crippen molar-refractivity contribution in [3.63, 3.8) is 0 Å². The van der Waals surface area contributed by atoms with Crippen LogP contribution in [0, 0.1) is 0 Å². The van der Waals surface area contributed by atoms with Gasteiger partial charge in [-0.25, -0.2) is 4.79 Å². The maximum Gasteiger partial charge on any atom is 0.341 e. The maximum absolute atomic E-state index is 13.0. The lowest BCUT2D eigenvalue weighted by Crippen LogP contribution is -2.19. The average Bonchev–Trinajstić information content (AvgIpc) is 3.35. The lowest BCUT2D eigenvalue weighted by atomic mass is 10.1. The topological polar surface area (TPSA) is 84.6 Å². The van der Waals surface area contributed by atoms with E-state index in [1.54, 1.807) is 43.8 Å². The van der Waals surface area contributed by atoms with Gasteiger partial charge >= 0.3 is 5.97 Å². The summed E-state index contributed by atoms with van der Waals surface area (Å²) in [6.45, 7) is 1.30. The Morgan fingerprint density at radius 3 is 2.68 bits per heavy atom. The molecule has 28 heavy (non-hydrogen) atoms. The van der Waals surface area contributed by atoms with Crippen LogP contribution in [-0.4, -0.2) is 47.2 Å². The molecule has 3 aliphatic rings. The maximum atomic E-state index is 13.0. The van der Waals surface area contributed by atoms with E-state index in [0.29, 0.717) is 29.2 Å². The summed E-state index contributed by atoms with van der Waals surface area (Å²) in [6.07, 6.45) is 5.42. The first-order valence-electron chi connectivity index (χ1n) is 9.08. The summed E-state index contributed by atoms with van der Waals surface area (Å²) >= 11 is 0. The van der Waals surface area contributed by atoms with Crippen molar-refractivity contribution < 1.29 is 19.0 Å². The zero-order chi connectivity index (χ0) is 19.7. The minimum absolute atomic E-state index is 0.0692. The average molecular weight is 383 g/mol. The molecule has 8 heteroatoms. The molecular formula is C20H21N3O5. The summed E-state index contributed by atoms with van der Waals surface area (Å²) in [7, 11) is 2.88. The van der Waals surface area contributed by atoms with E-state index in [-0.39, 0.29) is 17.2 Å². The van der Waals surface area contributed by atoms with Crippen LogP contribution in [0.25, 0.3) is 16.9 Å². The highest BCUT2D eigenvalue weighted by Gasteiger charge is 2.26. The van der Waals surface area contributed by atoms with Gasteiger partial charge in [0.15, 0.2) is 0 Å². The third-order valence-corrected chi connectivity index (χ3v) is 4.88. The minimum atomic E-state index is -0.536. The highest BCUT2D eigenvalue weighted by molar-refractivity contribution is 5.96. The number of pyridine rings is 1. The van der Waals surface area contributed by atoms with E-state index >= 15 is 0 Å². The van der Waals surface area contributed by atoms with Crippen LogP contribution in [0.3, 0.4) is 0 Å². The van der Waals surface area contributed by atoms with Crippen molar-refractivity contribution in [1.82, 2.24) is 14.3 Å². The molecule has 0 radical (unpaired) electrons. The summed E-state index contributed by atoms with van der Waals surface area (Å²) < 4.78 is 18.8. The van der Waals surface area contributed by atoms with Crippen LogP contribution in [0.1, 0.15) is 23.2 Å². The van der Waals surface area contributed by atoms with E-state index in [0.717, 1.165) is 19.4 Å². The Morgan fingerprint density at radius 1 is 1.25 bits per heavy atom. The van der Waals surface area contributed by atoms with Gasteiger partial charge < -0.3 is 18.8 Å². The molecule has 1 fully saturated rings. The Kier molecular flexibility index (Phi) is 4.87. The van der Waals surface area contributed by atoms with Crippen molar-refractivity contribution in [1.29, 1.82) is 0 Å². The zero-order valence-electron chi connectivity index (χ0n) is 15.8. The van der Waals surface area contributed by atoms with Crippen LogP contribution in [0.2, 0.25) is 0 Å². The second-order valence-electron chi connectivity index (χ2n) is 6.67. The quantitative estimate of drug-likeness (QED) is 0.628. The van der Waals surface area contributed by atoms with E-state index < -0.39 is 5.97 Å². The van der Waals surface area contributed by atoms with Crippen molar-refractivity contribution in [2.24, 2.45) is 0 Å². The number of hydrogen-bond donors (Lipinski definition) is 0. The molecule has 1 saturated heterocycles. The summed E-state index contributed by atoms with van der Waals surface area (Å²) in [5.41, 5.74) is 1.21. The SMILES string of the molecule is COC(=O)c1cn(C[C@@H]2CCCO2)cc2c(=O)n(-c3ccc(OC)cc3)nc1-2. The molecule has 146 valence electrons. The van der Waals surface area contributed by atoms with Gasteiger partial charge in [-0.05, 0) is 37.1 Å². The number of fused-ring (bicyclic) bond motifs is 1. The smallest absolute Gasteiger partial charge is 0.341 e. The monoisotopic (exact) mass is 383 g/mol. The van der Waals surface area contributed by atoms with Crippen LogP contribution in [0.15, 0.2) is 41.5 Å². The molecule has 0 amide bonds. The molecule has 1 aromatic carbocycles. The van der Waals surface area contributed by atoms with Gasteiger partial charge in [-0.1, -0.05) is 0 Å². The van der Waals surface area contributed by atoms with Crippen LogP contribution in [-0.2, 0) is 16.0 Å². The van der Waals surface area contributed by atoms with E-state index in [1.807, 2.05) is 4.57 Å². The van der Waals surface area contributed by atoms with E-state index in [9.17, 15) is 9.59 Å². The van der Waals surface area contributed by atoms with Crippen molar-refractivity contribution in [3.8, 4) is 22.7 Å². The van der Waals surface area contributed by atoms with E-state index in [1.165, 1.54) is 11.8 Å². The normalized spacial score (nSPS) is 16.4. The predicted octanol–water partition coefficient (Wildman–Crippen LogP) is 2.11. The highest BCUT2D eigenvalue weighted by atomic mass is 16.5. The first kappa shape index (κ1) is 18.2. The predicted molar refractivity (Wildman–Crippen MR) is 101 cm³/mol. The Labute approximate surface area is 161 Å². The number of carbonyl (C=O) groups is 1. The number of benzene rings is 1. The van der Waals surface area contributed by atoms with Gasteiger partial charge in [-0.3, -0.25) is 4.79 Å². The molecule has 0 N–H and O–H groups in total. The van der Waals surface area contributed by atoms with Crippen molar-refractivity contribution in [2.45, 2.75) is 25.5 Å². The van der Waals surface area contributed by atoms with Crippen LogP contribution in [0.4, 0.5) is 0 Å². The summed E-state index contributed by atoms with van der Waals surface area (Å²) in [6, 6.07) is 6.98. The summed E-state index contributed by atoms with van der Waals surface area (Å²) in [5.74, 6) is 0.142. The third-order valence-electron chi connectivity index (χ3n) is 4.88. The van der Waals surface area contributed by atoms with Gasteiger partial charge in [0, 0.05) is 25.5 Å². The fraction of sp³-hybridized carbons (Fsp3) is 0.350. The molecular weight excluding hydrogens is 362 g/mol. The number of aromatic nitrogens is 3. The Balaban J connectivity index is 1.82. The lowest BCUT2D eigenvalue weighted by molar-refractivity contribution is 0.0598. The van der Waals surface area contributed by atoms with Crippen LogP contribution >= 0.6 is 0 Å². The Bertz CT molecular complexity index is 1020. The van der Waals surface area contributed by atoms with Gasteiger partial charge in [0.05, 0.1) is 31.6 Å². The van der Waals surface area contributed by atoms with Crippen molar-refractivity contribution >= 4 is 5.97 Å². The molecule has 1 atom stereocenters. The van der Waals surface area contributed by atoms with Gasteiger partial charge in [-0.2, -0.15) is 9.78 Å². The van der Waals surface area contributed by atoms with Gasteiger partial charge in [-0.15, -0.1) is 0 Å². The second-order valence-corrected chi connectivity index (χ2v) is 6.67. The van der Waals surface area contributed by atoms with Gasteiger partial charge in [0.1, 0.15) is 17.0 Å². The third kappa shape index (κ3) is 3.27. The summed E-state index contributed by atoms with van der Waals surface area (Å²) in [5, 5.41) is 4.40. The largest absolute Gasteiger partial charge is 0.497 e. The molecule has 3 aliphatic heterocycles. The zero-order valence-corrected chi connectivity index (χ0v) is 15.8. The second kappa shape index (κ2) is 7.47. The molecule has 3 heterocycles. The van der Waals surface area contributed by atoms with Crippen LogP contribution < -0.4 is 10.3 Å². The van der Waals surface area contributed by atoms with E-state index in [2.05, 4.69) is 5.10 Å². The first-order chi connectivity index (χ1) is 13.6. The summed E-state index contributed by atoms with van der Waals surface area (Å²) in [4.78, 5) is 25.3. The van der Waals surface area contributed by atoms with Gasteiger partial charge in [0.25, 0.3) is 5.56 Å². The number of rotatable bonds is 5. The molecule has 0 saturated carbocycles. The fourth-order valence-electron chi connectivity index (χ4n) is 3.45. The molecule has 8 nitrogen and oxygen atoms in total. The number of carbonyl (C=O) groups excluding carboxylic acids is 1. The van der Waals surface area contributed by atoms with Crippen molar-refractivity contribution in [2.75, 3.05) is 20.8 Å².